The van der Waals surface area contributed by atoms with E-state index in [1.807, 2.05) is 14.0 Å². The van der Waals surface area contributed by atoms with Crippen molar-refractivity contribution in [2.24, 2.45) is 0 Å². The fraction of sp³-hybridized carbons (Fsp3) is 0.909. The Bertz CT molecular complexity index is 220. The van der Waals surface area contributed by atoms with Gasteiger partial charge in [-0.3, -0.25) is 0 Å². The Kier molecular flexibility index (Phi) is 4.39. The number of likely N-dealkylation sites (tertiary alicyclic amines) is 1. The molecule has 0 spiro atoms. The number of piperidine rings is 1. The molecule has 2 unspecified atom stereocenters. The highest BCUT2D eigenvalue weighted by atomic mass is 16.2. The third kappa shape index (κ3) is 3.38. The number of rotatable bonds is 2. The third-order valence-corrected chi connectivity index (χ3v) is 3.36. The Morgan fingerprint density at radius 2 is 2.27 bits per heavy atom. The van der Waals surface area contributed by atoms with Crippen molar-refractivity contribution in [2.75, 3.05) is 27.2 Å². The number of amides is 2. The zero-order valence-electron chi connectivity index (χ0n) is 10.3. The lowest BCUT2D eigenvalue weighted by atomic mass is 9.99. The molecule has 1 aliphatic rings. The fourth-order valence-corrected chi connectivity index (χ4v) is 1.85. The van der Waals surface area contributed by atoms with Gasteiger partial charge in [-0.15, -0.1) is 0 Å². The van der Waals surface area contributed by atoms with Gasteiger partial charge in [0.2, 0.25) is 0 Å². The number of carbonyl (C=O) groups excluding carboxylic acids is 1. The van der Waals surface area contributed by atoms with E-state index in [0.29, 0.717) is 12.1 Å². The van der Waals surface area contributed by atoms with Crippen molar-refractivity contribution in [3.63, 3.8) is 0 Å². The summed E-state index contributed by atoms with van der Waals surface area (Å²) in [6.45, 7) is 6.02. The highest BCUT2D eigenvalue weighted by molar-refractivity contribution is 5.74. The Labute approximate surface area is 92.6 Å². The van der Waals surface area contributed by atoms with Gasteiger partial charge in [-0.1, -0.05) is 0 Å². The molecule has 15 heavy (non-hydrogen) atoms. The second-order valence-corrected chi connectivity index (χ2v) is 4.51. The smallest absolute Gasteiger partial charge is 0.317 e. The van der Waals surface area contributed by atoms with Crippen LogP contribution in [0.4, 0.5) is 4.79 Å². The first kappa shape index (κ1) is 12.3. The van der Waals surface area contributed by atoms with Crippen LogP contribution >= 0.6 is 0 Å². The molecule has 0 aromatic carbocycles. The zero-order chi connectivity index (χ0) is 11.4. The molecule has 88 valence electrons. The molecule has 1 saturated heterocycles. The Morgan fingerprint density at radius 1 is 1.60 bits per heavy atom. The van der Waals surface area contributed by atoms with Crippen molar-refractivity contribution in [3.8, 4) is 0 Å². The molecule has 2 amide bonds. The SMILES string of the molecule is CCN(C)C(=O)NC1CCN(C)C(C)C1. The number of urea groups is 1. The monoisotopic (exact) mass is 213 g/mol. The molecule has 4 heteroatoms. The number of nitrogens with zero attached hydrogens (tertiary/aromatic N) is 2. The predicted octanol–water partition coefficient (Wildman–Crippen LogP) is 1.13. The molecule has 1 aliphatic heterocycles. The van der Waals surface area contributed by atoms with Gasteiger partial charge >= 0.3 is 6.03 Å². The summed E-state index contributed by atoms with van der Waals surface area (Å²) in [5.41, 5.74) is 0. The summed E-state index contributed by atoms with van der Waals surface area (Å²) in [7, 11) is 3.97. The van der Waals surface area contributed by atoms with Crippen molar-refractivity contribution < 1.29 is 4.79 Å². The van der Waals surface area contributed by atoms with E-state index in [0.717, 1.165) is 25.9 Å². The van der Waals surface area contributed by atoms with Crippen molar-refractivity contribution in [2.45, 2.75) is 38.8 Å². The van der Waals surface area contributed by atoms with Crippen LogP contribution < -0.4 is 5.32 Å². The number of carbonyl (C=O) groups is 1. The number of nitrogens with one attached hydrogen (secondary N) is 1. The minimum Gasteiger partial charge on any atom is -0.335 e. The Balaban J connectivity index is 2.36. The minimum atomic E-state index is 0.0549. The van der Waals surface area contributed by atoms with Crippen LogP contribution in [-0.2, 0) is 0 Å². The largest absolute Gasteiger partial charge is 0.335 e. The van der Waals surface area contributed by atoms with E-state index < -0.39 is 0 Å². The Morgan fingerprint density at radius 3 is 2.80 bits per heavy atom. The van der Waals surface area contributed by atoms with E-state index in [4.69, 9.17) is 0 Å². The first-order valence-corrected chi connectivity index (χ1v) is 5.76. The van der Waals surface area contributed by atoms with Crippen LogP contribution in [0.25, 0.3) is 0 Å². The van der Waals surface area contributed by atoms with E-state index in [2.05, 4.69) is 24.2 Å². The first-order chi connectivity index (χ1) is 7.04. The maximum absolute atomic E-state index is 11.6. The number of hydrogen-bond acceptors (Lipinski definition) is 2. The maximum Gasteiger partial charge on any atom is 0.317 e. The molecule has 0 radical (unpaired) electrons. The molecule has 1 N–H and O–H groups in total. The fourth-order valence-electron chi connectivity index (χ4n) is 1.85. The zero-order valence-corrected chi connectivity index (χ0v) is 10.3. The highest BCUT2D eigenvalue weighted by Gasteiger charge is 2.24. The van der Waals surface area contributed by atoms with Crippen molar-refractivity contribution >= 4 is 6.03 Å². The van der Waals surface area contributed by atoms with Gasteiger partial charge in [0.25, 0.3) is 0 Å². The highest BCUT2D eigenvalue weighted by Crippen LogP contribution is 2.15. The second-order valence-electron chi connectivity index (χ2n) is 4.51. The van der Waals surface area contributed by atoms with E-state index in [-0.39, 0.29) is 6.03 Å². The molecule has 0 bridgehead atoms. The molecule has 0 saturated carbocycles. The van der Waals surface area contributed by atoms with Crippen LogP contribution in [0.3, 0.4) is 0 Å². The van der Waals surface area contributed by atoms with E-state index in [9.17, 15) is 4.79 Å². The maximum atomic E-state index is 11.6. The van der Waals surface area contributed by atoms with Crippen molar-refractivity contribution in [1.82, 2.24) is 15.1 Å². The molecule has 1 rings (SSSR count). The minimum absolute atomic E-state index is 0.0549. The van der Waals surface area contributed by atoms with Gasteiger partial charge in [-0.05, 0) is 33.7 Å². The lowest BCUT2D eigenvalue weighted by Crippen LogP contribution is -2.50. The molecule has 4 nitrogen and oxygen atoms in total. The average Bonchev–Trinajstić information content (AvgIpc) is 2.22. The molecule has 1 heterocycles. The Hall–Kier alpha value is -0.770. The quantitative estimate of drug-likeness (QED) is 0.746. The summed E-state index contributed by atoms with van der Waals surface area (Å²) < 4.78 is 0. The summed E-state index contributed by atoms with van der Waals surface area (Å²) in [6.07, 6.45) is 2.12. The van der Waals surface area contributed by atoms with E-state index in [1.54, 1.807) is 4.90 Å². The second kappa shape index (κ2) is 5.35. The van der Waals surface area contributed by atoms with Gasteiger partial charge < -0.3 is 15.1 Å². The van der Waals surface area contributed by atoms with Crippen LogP contribution in [0.2, 0.25) is 0 Å². The lowest BCUT2D eigenvalue weighted by Gasteiger charge is -2.35. The summed E-state index contributed by atoms with van der Waals surface area (Å²) in [5.74, 6) is 0. The molecule has 1 fully saturated rings. The summed E-state index contributed by atoms with van der Waals surface area (Å²) in [5, 5.41) is 3.08. The summed E-state index contributed by atoms with van der Waals surface area (Å²) >= 11 is 0. The molecular weight excluding hydrogens is 190 g/mol. The summed E-state index contributed by atoms with van der Waals surface area (Å²) in [6, 6.07) is 0.966. The van der Waals surface area contributed by atoms with Crippen LogP contribution in [0.1, 0.15) is 26.7 Å². The standard InChI is InChI=1S/C11H23N3O/c1-5-13(3)11(15)12-10-6-7-14(4)9(2)8-10/h9-10H,5-8H2,1-4H3,(H,12,15). The van der Waals surface area contributed by atoms with Gasteiger partial charge in [-0.25, -0.2) is 4.79 Å². The van der Waals surface area contributed by atoms with E-state index >= 15 is 0 Å². The molecule has 0 aromatic heterocycles. The van der Waals surface area contributed by atoms with Gasteiger partial charge in [0.05, 0.1) is 0 Å². The number of hydrogen-bond donors (Lipinski definition) is 1. The molecular formula is C11H23N3O. The van der Waals surface area contributed by atoms with Crippen LogP contribution in [0.15, 0.2) is 0 Å². The first-order valence-electron chi connectivity index (χ1n) is 5.76. The lowest BCUT2D eigenvalue weighted by molar-refractivity contribution is 0.160. The normalized spacial score (nSPS) is 27.5. The van der Waals surface area contributed by atoms with Gasteiger partial charge in [0.15, 0.2) is 0 Å². The van der Waals surface area contributed by atoms with Gasteiger partial charge in [0, 0.05) is 32.2 Å². The third-order valence-electron chi connectivity index (χ3n) is 3.36. The predicted molar refractivity (Wildman–Crippen MR) is 61.9 cm³/mol. The summed E-state index contributed by atoms with van der Waals surface area (Å²) in [4.78, 5) is 15.7. The van der Waals surface area contributed by atoms with Crippen LogP contribution in [0, 0.1) is 0 Å². The van der Waals surface area contributed by atoms with Crippen LogP contribution in [0.5, 0.6) is 0 Å². The molecule has 0 aromatic rings. The van der Waals surface area contributed by atoms with Gasteiger partial charge in [-0.2, -0.15) is 0 Å². The average molecular weight is 213 g/mol. The topological polar surface area (TPSA) is 35.6 Å². The van der Waals surface area contributed by atoms with Crippen molar-refractivity contribution in [3.05, 3.63) is 0 Å². The van der Waals surface area contributed by atoms with Crippen LogP contribution in [-0.4, -0.2) is 55.1 Å². The van der Waals surface area contributed by atoms with Gasteiger partial charge in [0.1, 0.15) is 0 Å². The van der Waals surface area contributed by atoms with E-state index in [1.165, 1.54) is 0 Å². The van der Waals surface area contributed by atoms with Crippen molar-refractivity contribution in [1.29, 1.82) is 0 Å². The molecule has 2 atom stereocenters. The molecule has 0 aliphatic carbocycles.